The highest BCUT2D eigenvalue weighted by atomic mass is 19.1. The van der Waals surface area contributed by atoms with E-state index in [1.807, 2.05) is 19.0 Å². The SMILES string of the molecule is Cc1nc(NNC(=O)C(CC2CCCC2)CN(O)C=O)c(F)c(N2CC(N(C)C)C(C)(C)C2)n1. The van der Waals surface area contributed by atoms with Crippen LogP contribution in [0.15, 0.2) is 0 Å². The molecule has 2 fully saturated rings. The quantitative estimate of drug-likeness (QED) is 0.266. The van der Waals surface area contributed by atoms with Crippen LogP contribution < -0.4 is 15.8 Å². The number of aryl methyl sites for hydroxylation is 1. The molecule has 1 aromatic heterocycles. The summed E-state index contributed by atoms with van der Waals surface area (Å²) in [5.74, 6) is -0.862. The molecule has 34 heavy (non-hydrogen) atoms. The molecule has 2 unspecified atom stereocenters. The molecule has 10 nitrogen and oxygen atoms in total. The van der Waals surface area contributed by atoms with Gasteiger partial charge in [0.1, 0.15) is 5.82 Å². The van der Waals surface area contributed by atoms with Gasteiger partial charge in [-0.05, 0) is 38.8 Å². The number of carbonyl (C=O) groups excluding carboxylic acids is 2. The Morgan fingerprint density at radius 1 is 1.32 bits per heavy atom. The van der Waals surface area contributed by atoms with Gasteiger partial charge in [-0.25, -0.2) is 15.0 Å². The van der Waals surface area contributed by atoms with Crippen LogP contribution in [0.1, 0.15) is 51.8 Å². The summed E-state index contributed by atoms with van der Waals surface area (Å²) in [5, 5.41) is 10.1. The molecule has 0 aromatic carbocycles. The van der Waals surface area contributed by atoms with Gasteiger partial charge in [0.25, 0.3) is 0 Å². The zero-order chi connectivity index (χ0) is 25.0. The van der Waals surface area contributed by atoms with Crippen LogP contribution in [0.5, 0.6) is 0 Å². The second-order valence-electron chi connectivity index (χ2n) is 10.5. The van der Waals surface area contributed by atoms with Crippen LogP contribution in [-0.4, -0.2) is 77.2 Å². The van der Waals surface area contributed by atoms with Crippen LogP contribution in [0, 0.1) is 30.0 Å². The third kappa shape index (κ3) is 6.12. The Kier molecular flexibility index (Phi) is 8.29. The fourth-order valence-corrected chi connectivity index (χ4v) is 5.38. The van der Waals surface area contributed by atoms with Crippen molar-refractivity contribution in [2.45, 2.75) is 58.9 Å². The van der Waals surface area contributed by atoms with E-state index < -0.39 is 17.6 Å². The van der Waals surface area contributed by atoms with Gasteiger partial charge >= 0.3 is 0 Å². The topological polar surface area (TPSA) is 114 Å². The number of hydroxylamine groups is 2. The average molecular weight is 480 g/mol. The summed E-state index contributed by atoms with van der Waals surface area (Å²) >= 11 is 0. The predicted molar refractivity (Wildman–Crippen MR) is 127 cm³/mol. The number of likely N-dealkylation sites (N-methyl/N-ethyl adjacent to an activating group) is 1. The van der Waals surface area contributed by atoms with Gasteiger partial charge in [-0.3, -0.25) is 25.6 Å². The lowest BCUT2D eigenvalue weighted by molar-refractivity contribution is -0.154. The van der Waals surface area contributed by atoms with Gasteiger partial charge in [0.05, 0.1) is 12.5 Å². The molecule has 0 radical (unpaired) electrons. The largest absolute Gasteiger partial charge is 0.352 e. The molecular formula is C23H38FN7O3. The number of anilines is 2. The van der Waals surface area contributed by atoms with E-state index in [2.05, 4.69) is 39.6 Å². The van der Waals surface area contributed by atoms with E-state index in [9.17, 15) is 14.8 Å². The third-order valence-corrected chi connectivity index (χ3v) is 7.06. The van der Waals surface area contributed by atoms with E-state index in [1.165, 1.54) is 0 Å². The van der Waals surface area contributed by atoms with Crippen LogP contribution >= 0.6 is 0 Å². The molecule has 1 saturated carbocycles. The first kappa shape index (κ1) is 26.1. The lowest BCUT2D eigenvalue weighted by atomic mass is 9.87. The zero-order valence-corrected chi connectivity index (χ0v) is 20.8. The van der Waals surface area contributed by atoms with E-state index >= 15 is 4.39 Å². The van der Waals surface area contributed by atoms with Crippen molar-refractivity contribution in [1.82, 2.24) is 25.4 Å². The summed E-state index contributed by atoms with van der Waals surface area (Å²) < 4.78 is 15.4. The van der Waals surface area contributed by atoms with Crippen molar-refractivity contribution in [1.29, 1.82) is 0 Å². The molecule has 0 spiro atoms. The predicted octanol–water partition coefficient (Wildman–Crippen LogP) is 2.19. The van der Waals surface area contributed by atoms with E-state index in [0.29, 0.717) is 36.3 Å². The highest BCUT2D eigenvalue weighted by Gasteiger charge is 2.42. The Labute approximate surface area is 200 Å². The molecule has 3 rings (SSSR count). The Bertz CT molecular complexity index is 876. The van der Waals surface area contributed by atoms with Crippen molar-refractivity contribution in [3.05, 3.63) is 11.6 Å². The summed E-state index contributed by atoms with van der Waals surface area (Å²) in [7, 11) is 4.03. The Morgan fingerprint density at radius 3 is 2.59 bits per heavy atom. The minimum atomic E-state index is -0.634. The maximum atomic E-state index is 15.4. The molecule has 1 saturated heterocycles. The molecule has 1 aliphatic heterocycles. The molecule has 2 atom stereocenters. The Hall–Kier alpha value is -2.53. The van der Waals surface area contributed by atoms with Gasteiger partial charge in [0.15, 0.2) is 11.6 Å². The fraction of sp³-hybridized carbons (Fsp3) is 0.739. The average Bonchev–Trinajstić information content (AvgIpc) is 3.39. The van der Waals surface area contributed by atoms with E-state index in [1.54, 1.807) is 6.92 Å². The Morgan fingerprint density at radius 2 is 2.00 bits per heavy atom. The minimum Gasteiger partial charge on any atom is -0.352 e. The lowest BCUT2D eigenvalue weighted by Crippen LogP contribution is -2.41. The summed E-state index contributed by atoms with van der Waals surface area (Å²) in [4.78, 5) is 36.3. The molecule has 11 heteroatoms. The van der Waals surface area contributed by atoms with Crippen molar-refractivity contribution in [2.75, 3.05) is 44.1 Å². The van der Waals surface area contributed by atoms with Crippen LogP contribution in [0.2, 0.25) is 0 Å². The van der Waals surface area contributed by atoms with E-state index in [4.69, 9.17) is 0 Å². The van der Waals surface area contributed by atoms with Crippen molar-refractivity contribution in [2.24, 2.45) is 17.3 Å². The molecule has 1 aromatic rings. The highest BCUT2D eigenvalue weighted by Crippen LogP contribution is 2.36. The monoisotopic (exact) mass is 479 g/mol. The van der Waals surface area contributed by atoms with E-state index in [-0.39, 0.29) is 36.0 Å². The third-order valence-electron chi connectivity index (χ3n) is 7.06. The standard InChI is InChI=1S/C23H38FN7O3/c1-15-25-20(19(24)21(26-15)30-12-18(29(4)5)23(2,3)13-30)27-28-22(33)17(11-31(34)14-32)10-16-8-6-7-9-16/h14,16-18,34H,6-13H2,1-5H3,(H,28,33)(H,25,26,27). The zero-order valence-electron chi connectivity index (χ0n) is 20.8. The summed E-state index contributed by atoms with van der Waals surface area (Å²) in [6.07, 6.45) is 5.10. The lowest BCUT2D eigenvalue weighted by Gasteiger charge is -2.30. The number of aromatic nitrogens is 2. The highest BCUT2D eigenvalue weighted by molar-refractivity contribution is 5.80. The normalized spacial score (nSPS) is 21.1. The van der Waals surface area contributed by atoms with Crippen LogP contribution in [0.3, 0.4) is 0 Å². The van der Waals surface area contributed by atoms with Crippen molar-refractivity contribution < 1.29 is 19.2 Å². The second-order valence-corrected chi connectivity index (χ2v) is 10.5. The molecule has 2 aliphatic rings. The van der Waals surface area contributed by atoms with Gasteiger partial charge in [0, 0.05) is 19.1 Å². The molecule has 2 heterocycles. The van der Waals surface area contributed by atoms with Gasteiger partial charge < -0.3 is 9.80 Å². The molecule has 190 valence electrons. The number of hydrogen-bond donors (Lipinski definition) is 3. The number of nitrogens with zero attached hydrogens (tertiary/aromatic N) is 5. The summed E-state index contributed by atoms with van der Waals surface area (Å²) in [5.41, 5.74) is 5.09. The summed E-state index contributed by atoms with van der Waals surface area (Å²) in [6, 6.07) is 0.230. The molecule has 0 bridgehead atoms. The number of hydrogen-bond acceptors (Lipinski definition) is 8. The number of carbonyl (C=O) groups is 2. The van der Waals surface area contributed by atoms with Crippen LogP contribution in [0.4, 0.5) is 16.0 Å². The molecule has 3 N–H and O–H groups in total. The van der Waals surface area contributed by atoms with Gasteiger partial charge in [0.2, 0.25) is 18.1 Å². The van der Waals surface area contributed by atoms with Crippen LogP contribution in [-0.2, 0) is 9.59 Å². The number of nitrogens with one attached hydrogen (secondary N) is 2. The molecule has 1 aliphatic carbocycles. The minimum absolute atomic E-state index is 0.0567. The van der Waals surface area contributed by atoms with Crippen molar-refractivity contribution in [3.8, 4) is 0 Å². The molecule has 2 amide bonds. The Balaban J connectivity index is 1.73. The van der Waals surface area contributed by atoms with Gasteiger partial charge in [-0.1, -0.05) is 39.5 Å². The maximum absolute atomic E-state index is 15.4. The summed E-state index contributed by atoms with van der Waals surface area (Å²) in [6.45, 7) is 7.11. The first-order valence-electron chi connectivity index (χ1n) is 11.9. The van der Waals surface area contributed by atoms with Gasteiger partial charge in [-0.15, -0.1) is 0 Å². The fourth-order valence-electron chi connectivity index (χ4n) is 5.38. The maximum Gasteiger partial charge on any atom is 0.243 e. The van der Waals surface area contributed by atoms with Crippen molar-refractivity contribution in [3.63, 3.8) is 0 Å². The number of rotatable bonds is 10. The van der Waals surface area contributed by atoms with E-state index in [0.717, 1.165) is 25.7 Å². The number of halogens is 1. The second kappa shape index (κ2) is 10.8. The molecular weight excluding hydrogens is 441 g/mol. The first-order chi connectivity index (χ1) is 16.0. The van der Waals surface area contributed by atoms with Crippen LogP contribution in [0.25, 0.3) is 0 Å². The van der Waals surface area contributed by atoms with Gasteiger partial charge in [-0.2, -0.15) is 4.39 Å². The van der Waals surface area contributed by atoms with Crippen molar-refractivity contribution >= 4 is 24.0 Å². The smallest absolute Gasteiger partial charge is 0.243 e. The first-order valence-corrected chi connectivity index (χ1v) is 11.9. The number of amides is 2. The number of hydrazine groups is 1.